The standard InChI is InChI=1S/C13H21N3OS/c1-9(2)11-8-14-13(18)16(11)7-3-4-12(17)15-10-5-6-10/h8-10H,3-7H2,1-2H3,(H,14,18)(H,15,17). The summed E-state index contributed by atoms with van der Waals surface area (Å²) >= 11 is 5.26. The van der Waals surface area contributed by atoms with Crippen LogP contribution in [0.2, 0.25) is 0 Å². The van der Waals surface area contributed by atoms with Crippen molar-refractivity contribution in [1.82, 2.24) is 14.9 Å². The van der Waals surface area contributed by atoms with Crippen molar-refractivity contribution >= 4 is 18.1 Å². The molecular weight excluding hydrogens is 246 g/mol. The maximum atomic E-state index is 11.6. The second-order valence-corrected chi connectivity index (χ2v) is 5.66. The van der Waals surface area contributed by atoms with Gasteiger partial charge in [0.25, 0.3) is 0 Å². The molecule has 1 heterocycles. The van der Waals surface area contributed by atoms with Crippen LogP contribution in [-0.2, 0) is 11.3 Å². The largest absolute Gasteiger partial charge is 0.353 e. The summed E-state index contributed by atoms with van der Waals surface area (Å²) < 4.78 is 2.85. The van der Waals surface area contributed by atoms with E-state index in [1.165, 1.54) is 5.69 Å². The Labute approximate surface area is 113 Å². The Bertz CT molecular complexity index is 471. The number of imidazole rings is 1. The molecule has 1 aliphatic carbocycles. The van der Waals surface area contributed by atoms with Gasteiger partial charge in [-0.2, -0.15) is 0 Å². The van der Waals surface area contributed by atoms with E-state index >= 15 is 0 Å². The van der Waals surface area contributed by atoms with Crippen molar-refractivity contribution in [3.63, 3.8) is 0 Å². The van der Waals surface area contributed by atoms with E-state index in [9.17, 15) is 4.79 Å². The van der Waals surface area contributed by atoms with Crippen LogP contribution >= 0.6 is 12.2 Å². The lowest BCUT2D eigenvalue weighted by molar-refractivity contribution is -0.121. The van der Waals surface area contributed by atoms with E-state index in [2.05, 4.69) is 28.7 Å². The molecular formula is C13H21N3OS. The fourth-order valence-electron chi connectivity index (χ4n) is 2.04. The average Bonchev–Trinajstić information content (AvgIpc) is 3.02. The molecule has 1 amide bonds. The van der Waals surface area contributed by atoms with Crippen LogP contribution in [0.5, 0.6) is 0 Å². The molecule has 0 aromatic carbocycles. The Morgan fingerprint density at radius 3 is 2.94 bits per heavy atom. The lowest BCUT2D eigenvalue weighted by Crippen LogP contribution is -2.25. The minimum Gasteiger partial charge on any atom is -0.353 e. The SMILES string of the molecule is CC(C)c1c[nH]c(=S)n1CCCC(=O)NC1CC1. The number of aromatic nitrogens is 2. The van der Waals surface area contributed by atoms with Gasteiger partial charge in [-0.15, -0.1) is 0 Å². The second-order valence-electron chi connectivity index (χ2n) is 5.27. The Morgan fingerprint density at radius 2 is 2.33 bits per heavy atom. The van der Waals surface area contributed by atoms with Gasteiger partial charge in [-0.25, -0.2) is 0 Å². The third-order valence-electron chi connectivity index (χ3n) is 3.22. The molecule has 2 N–H and O–H groups in total. The first-order chi connectivity index (χ1) is 8.58. The first-order valence-corrected chi connectivity index (χ1v) is 7.06. The van der Waals surface area contributed by atoms with E-state index in [1.54, 1.807) is 0 Å². The number of H-pyrrole nitrogens is 1. The van der Waals surface area contributed by atoms with E-state index in [4.69, 9.17) is 12.2 Å². The first kappa shape index (κ1) is 13.3. The number of rotatable bonds is 6. The molecule has 18 heavy (non-hydrogen) atoms. The summed E-state index contributed by atoms with van der Waals surface area (Å²) in [6.45, 7) is 5.11. The van der Waals surface area contributed by atoms with Crippen molar-refractivity contribution in [2.24, 2.45) is 0 Å². The van der Waals surface area contributed by atoms with Crippen molar-refractivity contribution in [3.05, 3.63) is 16.7 Å². The van der Waals surface area contributed by atoms with Gasteiger partial charge in [-0.05, 0) is 37.4 Å². The zero-order valence-corrected chi connectivity index (χ0v) is 11.8. The van der Waals surface area contributed by atoms with Crippen molar-refractivity contribution in [3.8, 4) is 0 Å². The predicted molar refractivity (Wildman–Crippen MR) is 74.1 cm³/mol. The minimum atomic E-state index is 0.172. The molecule has 1 aliphatic rings. The summed E-state index contributed by atoms with van der Waals surface area (Å²) in [5, 5.41) is 3.00. The van der Waals surface area contributed by atoms with Gasteiger partial charge in [-0.3, -0.25) is 4.79 Å². The van der Waals surface area contributed by atoms with E-state index < -0.39 is 0 Å². The topological polar surface area (TPSA) is 49.8 Å². The first-order valence-electron chi connectivity index (χ1n) is 6.65. The van der Waals surface area contributed by atoms with Crippen molar-refractivity contribution in [2.45, 2.75) is 58.0 Å². The summed E-state index contributed by atoms with van der Waals surface area (Å²) in [5.74, 6) is 0.615. The second kappa shape index (κ2) is 5.69. The highest BCUT2D eigenvalue weighted by Crippen LogP contribution is 2.19. The van der Waals surface area contributed by atoms with Crippen LogP contribution < -0.4 is 5.32 Å². The molecule has 5 heteroatoms. The van der Waals surface area contributed by atoms with Gasteiger partial charge in [0.2, 0.25) is 5.91 Å². The Balaban J connectivity index is 1.83. The number of hydrogen-bond acceptors (Lipinski definition) is 2. The van der Waals surface area contributed by atoms with E-state index in [1.807, 2.05) is 6.20 Å². The van der Waals surface area contributed by atoms with Gasteiger partial charge in [0.05, 0.1) is 0 Å². The maximum absolute atomic E-state index is 11.6. The van der Waals surface area contributed by atoms with Crippen LogP contribution in [0.4, 0.5) is 0 Å². The molecule has 100 valence electrons. The van der Waals surface area contributed by atoms with Gasteiger partial charge in [0, 0.05) is 30.9 Å². The number of nitrogens with zero attached hydrogens (tertiary/aromatic N) is 1. The highest BCUT2D eigenvalue weighted by molar-refractivity contribution is 7.71. The molecule has 0 radical (unpaired) electrons. The molecule has 0 saturated heterocycles. The molecule has 0 aliphatic heterocycles. The lowest BCUT2D eigenvalue weighted by atomic mass is 10.1. The molecule has 1 aromatic rings. The van der Waals surface area contributed by atoms with Gasteiger partial charge in [-0.1, -0.05) is 13.8 Å². The van der Waals surface area contributed by atoms with Crippen LogP contribution in [0.15, 0.2) is 6.20 Å². The summed E-state index contributed by atoms with van der Waals surface area (Å²) in [6.07, 6.45) is 5.68. The highest BCUT2D eigenvalue weighted by Gasteiger charge is 2.22. The molecule has 1 aromatic heterocycles. The van der Waals surface area contributed by atoms with E-state index in [-0.39, 0.29) is 5.91 Å². The van der Waals surface area contributed by atoms with Crippen LogP contribution in [0, 0.1) is 4.77 Å². The molecule has 4 nitrogen and oxygen atoms in total. The number of carbonyl (C=O) groups excluding carboxylic acids is 1. The van der Waals surface area contributed by atoms with Crippen LogP contribution in [0.25, 0.3) is 0 Å². The number of amides is 1. The van der Waals surface area contributed by atoms with Crippen LogP contribution in [0.3, 0.4) is 0 Å². The fourth-order valence-corrected chi connectivity index (χ4v) is 2.30. The lowest BCUT2D eigenvalue weighted by Gasteiger charge is -2.10. The summed E-state index contributed by atoms with van der Waals surface area (Å²) in [5.41, 5.74) is 1.21. The fraction of sp³-hybridized carbons (Fsp3) is 0.692. The molecule has 0 unspecified atom stereocenters. The number of hydrogen-bond donors (Lipinski definition) is 2. The van der Waals surface area contributed by atoms with Crippen molar-refractivity contribution < 1.29 is 4.79 Å². The highest BCUT2D eigenvalue weighted by atomic mass is 32.1. The average molecular weight is 267 g/mol. The monoisotopic (exact) mass is 267 g/mol. The Morgan fingerprint density at radius 1 is 1.61 bits per heavy atom. The minimum absolute atomic E-state index is 0.172. The molecule has 0 bridgehead atoms. The van der Waals surface area contributed by atoms with E-state index in [0.29, 0.717) is 18.4 Å². The van der Waals surface area contributed by atoms with Gasteiger partial charge in [0.15, 0.2) is 4.77 Å². The van der Waals surface area contributed by atoms with Gasteiger partial charge in [0.1, 0.15) is 0 Å². The third kappa shape index (κ3) is 3.45. The summed E-state index contributed by atoms with van der Waals surface area (Å²) in [6, 6.07) is 0.457. The molecule has 0 spiro atoms. The summed E-state index contributed by atoms with van der Waals surface area (Å²) in [4.78, 5) is 14.6. The third-order valence-corrected chi connectivity index (χ3v) is 3.56. The Kier molecular flexibility index (Phi) is 4.22. The van der Waals surface area contributed by atoms with Crippen molar-refractivity contribution in [1.29, 1.82) is 0 Å². The zero-order chi connectivity index (χ0) is 13.1. The van der Waals surface area contributed by atoms with Crippen LogP contribution in [-0.4, -0.2) is 21.5 Å². The number of carbonyl (C=O) groups is 1. The Hall–Kier alpha value is -1.10. The maximum Gasteiger partial charge on any atom is 0.220 e. The number of aromatic amines is 1. The van der Waals surface area contributed by atoms with Gasteiger partial charge >= 0.3 is 0 Å². The quantitative estimate of drug-likeness (QED) is 0.779. The molecule has 2 rings (SSSR count). The molecule has 0 atom stereocenters. The number of nitrogens with one attached hydrogen (secondary N) is 2. The smallest absolute Gasteiger partial charge is 0.220 e. The predicted octanol–water partition coefficient (Wildman–Crippen LogP) is 2.73. The molecule has 1 saturated carbocycles. The summed E-state index contributed by atoms with van der Waals surface area (Å²) in [7, 11) is 0. The van der Waals surface area contributed by atoms with Crippen molar-refractivity contribution in [2.75, 3.05) is 0 Å². The zero-order valence-electron chi connectivity index (χ0n) is 11.0. The van der Waals surface area contributed by atoms with Gasteiger partial charge < -0.3 is 14.9 Å². The molecule has 1 fully saturated rings. The van der Waals surface area contributed by atoms with Crippen LogP contribution in [0.1, 0.15) is 51.1 Å². The van der Waals surface area contributed by atoms with E-state index in [0.717, 1.165) is 30.6 Å². The normalized spacial score (nSPS) is 15.1.